The van der Waals surface area contributed by atoms with Gasteiger partial charge in [0.05, 0.1) is 6.54 Å². The van der Waals surface area contributed by atoms with Gasteiger partial charge in [-0.1, -0.05) is 18.9 Å². The zero-order valence-electron chi connectivity index (χ0n) is 22.8. The topological polar surface area (TPSA) is 95.6 Å². The molecule has 5 fully saturated rings. The fourth-order valence-electron chi connectivity index (χ4n) is 8.35. The van der Waals surface area contributed by atoms with E-state index in [2.05, 4.69) is 16.7 Å². The number of benzene rings is 1. The molecule has 2 aliphatic heterocycles. The molecule has 1 atom stereocenters. The molecule has 2 N–H and O–H groups in total. The van der Waals surface area contributed by atoms with E-state index in [0.29, 0.717) is 37.3 Å². The first kappa shape index (κ1) is 27.0. The largest absolute Gasteiger partial charge is 0.322 e. The number of unbranched alkanes of at least 4 members (excludes halogenated alkanes) is 3. The van der Waals surface area contributed by atoms with Crippen molar-refractivity contribution in [3.8, 4) is 0 Å². The van der Waals surface area contributed by atoms with Gasteiger partial charge in [0.1, 0.15) is 11.8 Å². The van der Waals surface area contributed by atoms with Crippen LogP contribution in [0.2, 0.25) is 0 Å². The molecule has 210 valence electrons. The highest BCUT2D eigenvalue weighted by molar-refractivity contribution is 7.99. The second-order valence-corrected chi connectivity index (χ2v) is 13.9. The van der Waals surface area contributed by atoms with Crippen LogP contribution in [0.25, 0.3) is 0 Å². The molecule has 2 heterocycles. The van der Waals surface area contributed by atoms with Gasteiger partial charge in [-0.05, 0) is 99.0 Å². The summed E-state index contributed by atoms with van der Waals surface area (Å²) in [6.45, 7) is 0.971. The van der Waals surface area contributed by atoms with Crippen molar-refractivity contribution in [2.24, 2.45) is 17.8 Å². The van der Waals surface area contributed by atoms with Gasteiger partial charge in [0.15, 0.2) is 0 Å². The zero-order valence-corrected chi connectivity index (χ0v) is 23.7. The summed E-state index contributed by atoms with van der Waals surface area (Å²) in [5, 5.41) is 6.11. The molecule has 39 heavy (non-hydrogen) atoms. The summed E-state index contributed by atoms with van der Waals surface area (Å²) in [6, 6.07) is 5.23. The molecule has 8 heteroatoms. The molecule has 4 aliphatic carbocycles. The summed E-state index contributed by atoms with van der Waals surface area (Å²) < 4.78 is 0. The number of nitrogens with zero attached hydrogens (tertiary/aromatic N) is 1. The van der Waals surface area contributed by atoms with E-state index < -0.39 is 6.04 Å². The van der Waals surface area contributed by atoms with Gasteiger partial charge in [-0.2, -0.15) is 0 Å². The fraction of sp³-hybridized carbons (Fsp3) is 0.677. The van der Waals surface area contributed by atoms with Crippen molar-refractivity contribution in [2.45, 2.75) is 106 Å². The monoisotopic (exact) mass is 551 g/mol. The number of Topliss-reactive ketones (excluding diaryl/α,β-unsaturated/α-hetero) is 1. The van der Waals surface area contributed by atoms with Crippen LogP contribution in [0.1, 0.15) is 99.4 Å². The van der Waals surface area contributed by atoms with E-state index in [1.807, 2.05) is 12.1 Å². The summed E-state index contributed by atoms with van der Waals surface area (Å²) in [5.74, 6) is 3.27. The number of hydrogen-bond acceptors (Lipinski definition) is 6. The highest BCUT2D eigenvalue weighted by Crippen LogP contribution is 2.55. The third-order valence-electron chi connectivity index (χ3n) is 9.85. The Kier molecular flexibility index (Phi) is 7.86. The fourth-order valence-corrected chi connectivity index (χ4v) is 9.45. The molecule has 4 saturated carbocycles. The van der Waals surface area contributed by atoms with E-state index in [4.69, 9.17) is 0 Å². The predicted molar refractivity (Wildman–Crippen MR) is 150 cm³/mol. The van der Waals surface area contributed by atoms with E-state index in [0.717, 1.165) is 59.6 Å². The predicted octanol–water partition coefficient (Wildman–Crippen LogP) is 4.62. The lowest BCUT2D eigenvalue weighted by atomic mass is 9.53. The number of fused-ring (bicyclic) bond motifs is 1. The van der Waals surface area contributed by atoms with Crippen molar-refractivity contribution in [3.05, 3.63) is 29.3 Å². The lowest BCUT2D eigenvalue weighted by Crippen LogP contribution is -2.59. The van der Waals surface area contributed by atoms with E-state index in [9.17, 15) is 19.2 Å². The Morgan fingerprint density at radius 3 is 2.44 bits per heavy atom. The molecule has 1 aromatic carbocycles. The first-order valence-corrected chi connectivity index (χ1v) is 16.0. The number of thioether (sulfide) groups is 1. The smallest absolute Gasteiger partial charge is 0.255 e. The molecule has 7 rings (SSSR count). The molecule has 0 radical (unpaired) electrons. The third kappa shape index (κ3) is 5.83. The maximum atomic E-state index is 13.0. The number of nitrogens with one attached hydrogen (secondary N) is 2. The van der Waals surface area contributed by atoms with Crippen LogP contribution in [0.5, 0.6) is 0 Å². The number of carbonyl (C=O) groups is 4. The van der Waals surface area contributed by atoms with E-state index >= 15 is 0 Å². The number of imide groups is 1. The van der Waals surface area contributed by atoms with E-state index in [1.54, 1.807) is 16.7 Å². The maximum absolute atomic E-state index is 13.0. The Morgan fingerprint density at radius 2 is 1.72 bits per heavy atom. The Labute approximate surface area is 235 Å². The first-order chi connectivity index (χ1) is 18.9. The quantitative estimate of drug-likeness (QED) is 0.224. The average molecular weight is 552 g/mol. The van der Waals surface area contributed by atoms with Gasteiger partial charge in [0, 0.05) is 35.4 Å². The van der Waals surface area contributed by atoms with Crippen molar-refractivity contribution < 1.29 is 19.2 Å². The van der Waals surface area contributed by atoms with Crippen LogP contribution in [0.15, 0.2) is 23.1 Å². The van der Waals surface area contributed by atoms with Gasteiger partial charge < -0.3 is 10.2 Å². The Balaban J connectivity index is 0.889. The van der Waals surface area contributed by atoms with Gasteiger partial charge in [-0.3, -0.25) is 24.5 Å². The SMILES string of the molecule is O=C(CCCCCCSc1cccc2c1CN(C1CCC(=O)NC1=O)C2=O)CNC12CC3CC(CC(C3)C1)C2. The van der Waals surface area contributed by atoms with Gasteiger partial charge in [-0.25, -0.2) is 0 Å². The number of amides is 3. The van der Waals surface area contributed by atoms with E-state index in [1.165, 1.54) is 38.5 Å². The minimum Gasteiger partial charge on any atom is -0.322 e. The van der Waals surface area contributed by atoms with Crippen molar-refractivity contribution in [3.63, 3.8) is 0 Å². The molecule has 1 unspecified atom stereocenters. The molecule has 0 aromatic heterocycles. The van der Waals surface area contributed by atoms with Crippen LogP contribution in [-0.2, 0) is 20.9 Å². The third-order valence-corrected chi connectivity index (χ3v) is 11.0. The Hall–Kier alpha value is -2.19. The van der Waals surface area contributed by atoms with Crippen molar-refractivity contribution >= 4 is 35.3 Å². The van der Waals surface area contributed by atoms with Crippen LogP contribution in [0.4, 0.5) is 0 Å². The molecule has 7 nitrogen and oxygen atoms in total. The minimum atomic E-state index is -0.578. The lowest BCUT2D eigenvalue weighted by Gasteiger charge is -2.57. The van der Waals surface area contributed by atoms with Crippen LogP contribution in [-0.4, -0.2) is 52.3 Å². The average Bonchev–Trinajstić information content (AvgIpc) is 3.23. The summed E-state index contributed by atoms with van der Waals surface area (Å²) in [7, 11) is 0. The Morgan fingerprint density at radius 1 is 1.00 bits per heavy atom. The summed E-state index contributed by atoms with van der Waals surface area (Å²) in [6.07, 6.45) is 13.7. The van der Waals surface area contributed by atoms with Gasteiger partial charge in [-0.15, -0.1) is 11.8 Å². The summed E-state index contributed by atoms with van der Waals surface area (Å²) in [4.78, 5) is 52.1. The first-order valence-electron chi connectivity index (χ1n) is 15.1. The molecule has 6 aliphatic rings. The standard InChI is InChI=1S/C31H41N3O4S/c35-23(18-32-31-15-20-12-21(16-31)14-22(13-20)17-31)6-3-1-2-4-11-39-27-8-5-7-24-25(27)19-34(30(24)38)26-9-10-28(36)33-29(26)37/h5,7-8,20-22,26,32H,1-4,6,9-19H2,(H,33,36,37). The molecule has 1 aromatic rings. The van der Waals surface area contributed by atoms with E-state index in [-0.39, 0.29) is 29.7 Å². The molecular formula is C31H41N3O4S. The normalized spacial score (nSPS) is 31.1. The van der Waals surface area contributed by atoms with Gasteiger partial charge in [0.25, 0.3) is 5.91 Å². The molecule has 1 saturated heterocycles. The summed E-state index contributed by atoms with van der Waals surface area (Å²) in [5.41, 5.74) is 1.93. The van der Waals surface area contributed by atoms with Crippen LogP contribution in [0.3, 0.4) is 0 Å². The van der Waals surface area contributed by atoms with Gasteiger partial charge >= 0.3 is 0 Å². The minimum absolute atomic E-state index is 0.121. The second-order valence-electron chi connectivity index (χ2n) is 12.8. The molecule has 0 spiro atoms. The van der Waals surface area contributed by atoms with Crippen molar-refractivity contribution in [1.82, 2.24) is 15.5 Å². The Bertz CT molecular complexity index is 1120. The number of hydrogen-bond donors (Lipinski definition) is 2. The molecule has 3 amide bonds. The molecular weight excluding hydrogens is 510 g/mol. The van der Waals surface area contributed by atoms with Crippen LogP contribution < -0.4 is 10.6 Å². The number of rotatable bonds is 12. The number of ketones is 1. The maximum Gasteiger partial charge on any atom is 0.255 e. The highest BCUT2D eigenvalue weighted by Gasteiger charge is 2.50. The van der Waals surface area contributed by atoms with Crippen molar-refractivity contribution in [2.75, 3.05) is 12.3 Å². The summed E-state index contributed by atoms with van der Waals surface area (Å²) >= 11 is 1.77. The van der Waals surface area contributed by atoms with Crippen molar-refractivity contribution in [1.29, 1.82) is 0 Å². The number of piperidine rings is 1. The van der Waals surface area contributed by atoms with Gasteiger partial charge in [0.2, 0.25) is 11.8 Å². The van der Waals surface area contributed by atoms with Crippen LogP contribution in [0, 0.1) is 17.8 Å². The highest BCUT2D eigenvalue weighted by atomic mass is 32.2. The number of carbonyl (C=O) groups excluding carboxylic acids is 4. The molecule has 4 bridgehead atoms. The van der Waals surface area contributed by atoms with Crippen LogP contribution >= 0.6 is 11.8 Å². The second kappa shape index (κ2) is 11.4. The zero-order chi connectivity index (χ0) is 27.0. The lowest BCUT2D eigenvalue weighted by molar-refractivity contribution is -0.137.